The van der Waals surface area contributed by atoms with Crippen LogP contribution in [0, 0.1) is 20.8 Å². The van der Waals surface area contributed by atoms with Crippen LogP contribution in [-0.4, -0.2) is 41.4 Å². The number of hydrogen-bond donors (Lipinski definition) is 0. The Morgan fingerprint density at radius 1 is 1.07 bits per heavy atom. The highest BCUT2D eigenvalue weighted by molar-refractivity contribution is 6.33. The summed E-state index contributed by atoms with van der Waals surface area (Å²) in [6.07, 6.45) is 2.93. The van der Waals surface area contributed by atoms with Crippen molar-refractivity contribution in [2.45, 2.75) is 65.9 Å². The van der Waals surface area contributed by atoms with Gasteiger partial charge in [-0.15, -0.1) is 0 Å². The lowest BCUT2D eigenvalue weighted by Gasteiger charge is -2.25. The van der Waals surface area contributed by atoms with Gasteiger partial charge < -0.3 is 14.4 Å². The standard InChI is InChI=1S/C23H29NO5/c1-6-24(7-2)20(25)22(27)28-19-18(17-15(4)12-14(3)13-16(17)5)21(26)29-23(19)10-8-9-11-23/h12-13H,6-11H2,1-5H3. The molecule has 2 aliphatic rings. The predicted octanol–water partition coefficient (Wildman–Crippen LogP) is 3.60. The molecule has 1 spiro atoms. The molecule has 1 aliphatic heterocycles. The molecule has 1 aliphatic carbocycles. The van der Waals surface area contributed by atoms with Gasteiger partial charge in [0, 0.05) is 13.1 Å². The molecule has 0 saturated heterocycles. The molecule has 1 aromatic rings. The Bertz CT molecular complexity index is 866. The fourth-order valence-electron chi connectivity index (χ4n) is 4.58. The van der Waals surface area contributed by atoms with E-state index in [0.29, 0.717) is 25.9 Å². The highest BCUT2D eigenvalue weighted by atomic mass is 16.6. The van der Waals surface area contributed by atoms with Crippen molar-refractivity contribution >= 4 is 23.4 Å². The summed E-state index contributed by atoms with van der Waals surface area (Å²) in [5, 5.41) is 0. The smallest absolute Gasteiger partial charge is 0.402 e. The molecular weight excluding hydrogens is 370 g/mol. The molecule has 0 N–H and O–H groups in total. The van der Waals surface area contributed by atoms with Crippen LogP contribution in [0.3, 0.4) is 0 Å². The molecule has 156 valence electrons. The summed E-state index contributed by atoms with van der Waals surface area (Å²) in [7, 11) is 0. The number of nitrogens with zero attached hydrogens (tertiary/aromatic N) is 1. The van der Waals surface area contributed by atoms with Gasteiger partial charge in [-0.25, -0.2) is 9.59 Å². The molecular formula is C23H29NO5. The third-order valence-corrected chi connectivity index (χ3v) is 5.89. The molecule has 0 unspecified atom stereocenters. The largest absolute Gasteiger partial charge is 0.447 e. The van der Waals surface area contributed by atoms with Crippen molar-refractivity contribution in [3.05, 3.63) is 40.1 Å². The van der Waals surface area contributed by atoms with Crippen LogP contribution in [0.15, 0.2) is 17.9 Å². The lowest BCUT2D eigenvalue weighted by molar-refractivity contribution is -0.161. The first-order valence-corrected chi connectivity index (χ1v) is 10.3. The van der Waals surface area contributed by atoms with Gasteiger partial charge in [0.05, 0.1) is 0 Å². The van der Waals surface area contributed by atoms with Crippen molar-refractivity contribution in [3.63, 3.8) is 0 Å². The molecule has 1 amide bonds. The summed E-state index contributed by atoms with van der Waals surface area (Å²) in [4.78, 5) is 39.6. The molecule has 1 aromatic carbocycles. The number of rotatable bonds is 4. The molecule has 0 bridgehead atoms. The van der Waals surface area contributed by atoms with Crippen molar-refractivity contribution < 1.29 is 23.9 Å². The van der Waals surface area contributed by atoms with E-state index in [0.717, 1.165) is 35.1 Å². The van der Waals surface area contributed by atoms with Crippen LogP contribution < -0.4 is 0 Å². The fourth-order valence-corrected chi connectivity index (χ4v) is 4.58. The minimum atomic E-state index is -0.965. The van der Waals surface area contributed by atoms with E-state index in [9.17, 15) is 14.4 Å². The Labute approximate surface area is 171 Å². The van der Waals surface area contributed by atoms with Crippen molar-refractivity contribution in [1.29, 1.82) is 0 Å². The van der Waals surface area contributed by atoms with Crippen LogP contribution in [-0.2, 0) is 23.9 Å². The number of carbonyl (C=O) groups is 3. The number of amides is 1. The molecule has 1 saturated carbocycles. The molecule has 29 heavy (non-hydrogen) atoms. The maximum absolute atomic E-state index is 13.0. The number of likely N-dealkylation sites (N-methyl/N-ethyl adjacent to an activating group) is 1. The minimum absolute atomic E-state index is 0.209. The van der Waals surface area contributed by atoms with Crippen molar-refractivity contribution in [3.8, 4) is 0 Å². The van der Waals surface area contributed by atoms with Gasteiger partial charge in [0.1, 0.15) is 5.57 Å². The topological polar surface area (TPSA) is 72.9 Å². The summed E-state index contributed by atoms with van der Waals surface area (Å²) in [6, 6.07) is 3.98. The first-order chi connectivity index (χ1) is 13.7. The third-order valence-electron chi connectivity index (χ3n) is 5.89. The molecule has 6 heteroatoms. The average Bonchev–Trinajstić information content (AvgIpc) is 3.22. The Morgan fingerprint density at radius 3 is 2.14 bits per heavy atom. The molecule has 0 atom stereocenters. The predicted molar refractivity (Wildman–Crippen MR) is 109 cm³/mol. The Hall–Kier alpha value is -2.63. The number of esters is 2. The fraction of sp³-hybridized carbons (Fsp3) is 0.522. The Morgan fingerprint density at radius 2 is 1.62 bits per heavy atom. The van der Waals surface area contributed by atoms with E-state index in [1.807, 2.05) is 32.9 Å². The first-order valence-electron chi connectivity index (χ1n) is 10.3. The minimum Gasteiger partial charge on any atom is -0.447 e. The van der Waals surface area contributed by atoms with E-state index in [2.05, 4.69) is 0 Å². The van der Waals surface area contributed by atoms with E-state index in [4.69, 9.17) is 9.47 Å². The van der Waals surface area contributed by atoms with Crippen LogP contribution >= 0.6 is 0 Å². The average molecular weight is 399 g/mol. The number of carbonyl (C=O) groups excluding carboxylic acids is 3. The van der Waals surface area contributed by atoms with E-state index in [1.54, 1.807) is 13.8 Å². The SMILES string of the molecule is CCN(CC)C(=O)C(=O)OC1=C(c2c(C)cc(C)cc2C)C(=O)OC12CCCC2. The highest BCUT2D eigenvalue weighted by Crippen LogP contribution is 2.49. The normalized spacial score (nSPS) is 17.6. The van der Waals surface area contributed by atoms with Crippen LogP contribution in [0.4, 0.5) is 0 Å². The van der Waals surface area contributed by atoms with E-state index in [1.165, 1.54) is 4.90 Å². The molecule has 0 aromatic heterocycles. The number of benzene rings is 1. The van der Waals surface area contributed by atoms with Gasteiger partial charge in [-0.2, -0.15) is 0 Å². The lowest BCUT2D eigenvalue weighted by Crippen LogP contribution is -2.39. The highest BCUT2D eigenvalue weighted by Gasteiger charge is 2.53. The van der Waals surface area contributed by atoms with Gasteiger partial charge in [0.2, 0.25) is 0 Å². The summed E-state index contributed by atoms with van der Waals surface area (Å²) in [5.74, 6) is -1.94. The summed E-state index contributed by atoms with van der Waals surface area (Å²) in [5.41, 5.74) is 2.96. The summed E-state index contributed by atoms with van der Waals surface area (Å²) < 4.78 is 11.5. The maximum Gasteiger partial charge on any atom is 0.402 e. The van der Waals surface area contributed by atoms with Crippen LogP contribution in [0.25, 0.3) is 5.57 Å². The zero-order valence-electron chi connectivity index (χ0n) is 17.9. The zero-order valence-corrected chi connectivity index (χ0v) is 17.9. The zero-order chi connectivity index (χ0) is 21.3. The summed E-state index contributed by atoms with van der Waals surface area (Å²) >= 11 is 0. The van der Waals surface area contributed by atoms with Gasteiger partial charge in [0.15, 0.2) is 11.4 Å². The van der Waals surface area contributed by atoms with E-state index < -0.39 is 23.4 Å². The first kappa shape index (κ1) is 21.1. The second-order valence-electron chi connectivity index (χ2n) is 7.94. The Kier molecular flexibility index (Phi) is 5.82. The molecule has 0 radical (unpaired) electrons. The second-order valence-corrected chi connectivity index (χ2v) is 7.94. The van der Waals surface area contributed by atoms with Crippen molar-refractivity contribution in [2.24, 2.45) is 0 Å². The van der Waals surface area contributed by atoms with Gasteiger partial charge in [-0.05, 0) is 77.0 Å². The molecule has 1 heterocycles. The van der Waals surface area contributed by atoms with Crippen LogP contribution in [0.1, 0.15) is 61.8 Å². The quantitative estimate of drug-likeness (QED) is 0.571. The van der Waals surface area contributed by atoms with Crippen molar-refractivity contribution in [2.75, 3.05) is 13.1 Å². The van der Waals surface area contributed by atoms with Gasteiger partial charge in [-0.1, -0.05) is 17.7 Å². The second kappa shape index (κ2) is 8.01. The Balaban J connectivity index is 2.12. The lowest BCUT2D eigenvalue weighted by atomic mass is 9.90. The summed E-state index contributed by atoms with van der Waals surface area (Å²) in [6.45, 7) is 10.3. The molecule has 6 nitrogen and oxygen atoms in total. The molecule has 1 fully saturated rings. The number of hydrogen-bond acceptors (Lipinski definition) is 5. The van der Waals surface area contributed by atoms with Crippen LogP contribution in [0.2, 0.25) is 0 Å². The number of aryl methyl sites for hydroxylation is 3. The van der Waals surface area contributed by atoms with Gasteiger partial charge >= 0.3 is 17.8 Å². The van der Waals surface area contributed by atoms with Crippen molar-refractivity contribution in [1.82, 2.24) is 4.90 Å². The van der Waals surface area contributed by atoms with Crippen LogP contribution in [0.5, 0.6) is 0 Å². The van der Waals surface area contributed by atoms with Gasteiger partial charge in [-0.3, -0.25) is 4.79 Å². The molecule has 3 rings (SSSR count). The maximum atomic E-state index is 13.0. The van der Waals surface area contributed by atoms with Gasteiger partial charge in [0.25, 0.3) is 0 Å². The number of ether oxygens (including phenoxy) is 2. The van der Waals surface area contributed by atoms with E-state index in [-0.39, 0.29) is 11.3 Å². The van der Waals surface area contributed by atoms with E-state index >= 15 is 0 Å². The monoisotopic (exact) mass is 399 g/mol. The third kappa shape index (κ3) is 3.68.